The van der Waals surface area contributed by atoms with Crippen LogP contribution < -0.4 is 10.3 Å². The van der Waals surface area contributed by atoms with Crippen LogP contribution in [0.15, 0.2) is 34.2 Å². The molecule has 1 aliphatic carbocycles. The van der Waals surface area contributed by atoms with Gasteiger partial charge in [0.1, 0.15) is 10.6 Å². The summed E-state index contributed by atoms with van der Waals surface area (Å²) in [6.45, 7) is 2.95. The van der Waals surface area contributed by atoms with Crippen molar-refractivity contribution in [3.63, 3.8) is 0 Å². The van der Waals surface area contributed by atoms with Gasteiger partial charge in [0, 0.05) is 17.8 Å². The number of hydrogen-bond acceptors (Lipinski definition) is 7. The molecule has 0 N–H and O–H groups in total. The summed E-state index contributed by atoms with van der Waals surface area (Å²) in [5.41, 5.74) is 1.70. The molecule has 1 fully saturated rings. The second kappa shape index (κ2) is 8.71. The van der Waals surface area contributed by atoms with Gasteiger partial charge in [-0.2, -0.15) is 0 Å². The van der Waals surface area contributed by atoms with Gasteiger partial charge in [0.2, 0.25) is 11.8 Å². The molecule has 1 aliphatic heterocycles. The number of benzene rings is 1. The highest BCUT2D eigenvalue weighted by Crippen LogP contribution is 2.36. The van der Waals surface area contributed by atoms with Gasteiger partial charge in [-0.05, 0) is 62.4 Å². The van der Waals surface area contributed by atoms with Crippen LogP contribution in [0, 0.1) is 0 Å². The Balaban J connectivity index is 1.56. The maximum absolute atomic E-state index is 13.7. The first kappa shape index (κ1) is 21.2. The molecule has 0 bridgehead atoms. The Morgan fingerprint density at radius 2 is 1.97 bits per heavy atom. The molecule has 32 heavy (non-hydrogen) atoms. The third-order valence-corrected chi connectivity index (χ3v) is 7.92. The van der Waals surface area contributed by atoms with Crippen LogP contribution in [-0.4, -0.2) is 45.2 Å². The van der Waals surface area contributed by atoms with Crippen LogP contribution in [0.1, 0.15) is 36.6 Å². The zero-order valence-corrected chi connectivity index (χ0v) is 19.4. The summed E-state index contributed by atoms with van der Waals surface area (Å²) in [4.78, 5) is 46.3. The van der Waals surface area contributed by atoms with Gasteiger partial charge in [0.05, 0.1) is 23.4 Å². The fraction of sp³-hybridized carbons (Fsp3) is 0.391. The van der Waals surface area contributed by atoms with Crippen molar-refractivity contribution in [1.82, 2.24) is 14.5 Å². The number of carbonyl (C=O) groups excluding carboxylic acids is 2. The summed E-state index contributed by atoms with van der Waals surface area (Å²) in [6.07, 6.45) is 4.07. The zero-order valence-electron chi connectivity index (χ0n) is 17.8. The maximum Gasteiger partial charge on any atom is 0.267 e. The first-order valence-electron chi connectivity index (χ1n) is 10.8. The highest BCUT2D eigenvalue weighted by atomic mass is 32.2. The summed E-state index contributed by atoms with van der Waals surface area (Å²) in [5, 5.41) is 1.16. The third kappa shape index (κ3) is 3.73. The third-order valence-electron chi connectivity index (χ3n) is 5.81. The SMILES string of the molecule is CCOc1ccc(-n2c(SCC(=O)N3CCCC3=O)nc3sc4c(c3c2=O)CCC4)cc1. The number of aromatic nitrogens is 2. The number of carbonyl (C=O) groups is 2. The lowest BCUT2D eigenvalue weighted by atomic mass is 10.2. The maximum atomic E-state index is 13.7. The van der Waals surface area contributed by atoms with E-state index in [1.807, 2.05) is 31.2 Å². The summed E-state index contributed by atoms with van der Waals surface area (Å²) in [5.74, 6) is 0.425. The normalized spacial score (nSPS) is 15.5. The first-order chi connectivity index (χ1) is 15.6. The molecule has 1 aromatic carbocycles. The number of likely N-dealkylation sites (tertiary alicyclic amines) is 1. The van der Waals surface area contributed by atoms with Crippen molar-refractivity contribution in [2.45, 2.75) is 44.2 Å². The highest BCUT2D eigenvalue weighted by molar-refractivity contribution is 7.99. The van der Waals surface area contributed by atoms with E-state index in [1.54, 1.807) is 15.9 Å². The van der Waals surface area contributed by atoms with E-state index in [0.717, 1.165) is 35.4 Å². The van der Waals surface area contributed by atoms with E-state index >= 15 is 0 Å². The molecule has 2 aromatic heterocycles. The monoisotopic (exact) mass is 469 g/mol. The van der Waals surface area contributed by atoms with Gasteiger partial charge in [-0.25, -0.2) is 4.98 Å². The highest BCUT2D eigenvalue weighted by Gasteiger charge is 2.28. The van der Waals surface area contributed by atoms with E-state index in [2.05, 4.69) is 0 Å². The molecule has 1 saturated heterocycles. The van der Waals surface area contributed by atoms with E-state index in [4.69, 9.17) is 9.72 Å². The average Bonchev–Trinajstić information content (AvgIpc) is 3.49. The summed E-state index contributed by atoms with van der Waals surface area (Å²) in [6, 6.07) is 7.33. The lowest BCUT2D eigenvalue weighted by molar-refractivity contribution is -0.140. The number of aryl methyl sites for hydroxylation is 2. The van der Waals surface area contributed by atoms with E-state index < -0.39 is 0 Å². The molecule has 3 aromatic rings. The number of thiophene rings is 1. The number of ether oxygens (including phenoxy) is 1. The second-order valence-corrected chi connectivity index (χ2v) is 9.86. The smallest absolute Gasteiger partial charge is 0.267 e. The second-order valence-electron chi connectivity index (χ2n) is 7.83. The fourth-order valence-electron chi connectivity index (χ4n) is 4.32. The van der Waals surface area contributed by atoms with Crippen molar-refractivity contribution in [2.75, 3.05) is 18.9 Å². The molecule has 0 radical (unpaired) electrons. The van der Waals surface area contributed by atoms with Gasteiger partial charge in [0.15, 0.2) is 5.16 Å². The zero-order chi connectivity index (χ0) is 22.2. The Kier molecular flexibility index (Phi) is 5.77. The first-order valence-corrected chi connectivity index (χ1v) is 12.6. The molecule has 0 atom stereocenters. The summed E-state index contributed by atoms with van der Waals surface area (Å²) >= 11 is 2.79. The van der Waals surface area contributed by atoms with E-state index in [-0.39, 0.29) is 23.1 Å². The van der Waals surface area contributed by atoms with Crippen molar-refractivity contribution in [3.05, 3.63) is 45.1 Å². The number of nitrogens with zero attached hydrogens (tertiary/aromatic N) is 3. The molecule has 2 aliphatic rings. The number of thioether (sulfide) groups is 1. The molecule has 2 amide bonds. The van der Waals surface area contributed by atoms with Crippen LogP contribution in [0.25, 0.3) is 15.9 Å². The molecule has 5 rings (SSSR count). The molecule has 7 nitrogen and oxygen atoms in total. The van der Waals surface area contributed by atoms with Gasteiger partial charge in [-0.15, -0.1) is 11.3 Å². The molecule has 0 unspecified atom stereocenters. The number of amides is 2. The van der Waals surface area contributed by atoms with Crippen molar-refractivity contribution >= 4 is 45.1 Å². The van der Waals surface area contributed by atoms with Gasteiger partial charge in [-0.3, -0.25) is 23.9 Å². The largest absolute Gasteiger partial charge is 0.494 e. The molecule has 3 heterocycles. The van der Waals surface area contributed by atoms with Crippen LogP contribution in [0.4, 0.5) is 0 Å². The van der Waals surface area contributed by atoms with Gasteiger partial charge < -0.3 is 4.74 Å². The minimum absolute atomic E-state index is 0.0613. The predicted octanol–water partition coefficient (Wildman–Crippen LogP) is 3.58. The van der Waals surface area contributed by atoms with Gasteiger partial charge in [0.25, 0.3) is 5.56 Å². The van der Waals surface area contributed by atoms with E-state index in [0.29, 0.717) is 42.2 Å². The van der Waals surface area contributed by atoms with Gasteiger partial charge >= 0.3 is 0 Å². The average molecular weight is 470 g/mol. The minimum atomic E-state index is -0.237. The van der Waals surface area contributed by atoms with E-state index in [9.17, 15) is 14.4 Å². The molecule has 166 valence electrons. The van der Waals surface area contributed by atoms with Crippen LogP contribution >= 0.6 is 23.1 Å². The van der Waals surface area contributed by atoms with Crippen molar-refractivity contribution in [1.29, 1.82) is 0 Å². The summed E-state index contributed by atoms with van der Waals surface area (Å²) < 4.78 is 7.12. The Labute approximate surface area is 193 Å². The van der Waals surface area contributed by atoms with Crippen molar-refractivity contribution < 1.29 is 14.3 Å². The van der Waals surface area contributed by atoms with E-state index in [1.165, 1.54) is 21.5 Å². The molecule has 9 heteroatoms. The van der Waals surface area contributed by atoms with Crippen LogP contribution in [0.2, 0.25) is 0 Å². The number of rotatable bonds is 6. The lowest BCUT2D eigenvalue weighted by Gasteiger charge is -2.15. The Morgan fingerprint density at radius 1 is 1.16 bits per heavy atom. The number of imide groups is 1. The van der Waals surface area contributed by atoms with Crippen molar-refractivity contribution in [3.8, 4) is 11.4 Å². The standard InChI is InChI=1S/C23H23N3O4S2/c1-2-30-15-10-8-14(9-11-15)26-22(29)20-16-5-3-6-17(16)32-21(20)24-23(26)31-13-19(28)25-12-4-7-18(25)27/h8-11H,2-7,12-13H2,1H3. The Hall–Kier alpha value is -2.65. The lowest BCUT2D eigenvalue weighted by Crippen LogP contribution is -2.33. The van der Waals surface area contributed by atoms with Crippen LogP contribution in [0.3, 0.4) is 0 Å². The predicted molar refractivity (Wildman–Crippen MR) is 125 cm³/mol. The molecular weight excluding hydrogens is 446 g/mol. The fourth-order valence-corrected chi connectivity index (χ4v) is 6.51. The van der Waals surface area contributed by atoms with Crippen LogP contribution in [-0.2, 0) is 22.4 Å². The summed E-state index contributed by atoms with van der Waals surface area (Å²) in [7, 11) is 0. The van der Waals surface area contributed by atoms with Gasteiger partial charge in [-0.1, -0.05) is 11.8 Å². The minimum Gasteiger partial charge on any atom is -0.494 e. The molecular formula is C23H23N3O4S2. The molecule has 0 spiro atoms. The number of hydrogen-bond donors (Lipinski definition) is 0. The van der Waals surface area contributed by atoms with Crippen LogP contribution in [0.5, 0.6) is 5.75 Å². The quantitative estimate of drug-likeness (QED) is 0.406. The topological polar surface area (TPSA) is 81.5 Å². The number of fused-ring (bicyclic) bond motifs is 3. The Morgan fingerprint density at radius 3 is 2.69 bits per heavy atom. The molecule has 0 saturated carbocycles. The Bertz CT molecular complexity index is 1260. The van der Waals surface area contributed by atoms with Crippen molar-refractivity contribution in [2.24, 2.45) is 0 Å².